The van der Waals surface area contributed by atoms with Gasteiger partial charge in [-0.3, -0.25) is 4.79 Å². The molecule has 1 amide bonds. The number of carbonyl (C=O) groups excluding carboxylic acids is 1. The Kier molecular flexibility index (Phi) is 5.22. The van der Waals surface area contributed by atoms with Crippen LogP contribution in [0.5, 0.6) is 0 Å². The first-order valence-electron chi connectivity index (χ1n) is 6.20. The number of hydrogen-bond acceptors (Lipinski definition) is 3. The van der Waals surface area contributed by atoms with Crippen molar-refractivity contribution in [3.63, 3.8) is 0 Å². The van der Waals surface area contributed by atoms with Gasteiger partial charge in [-0.05, 0) is 32.7 Å². The van der Waals surface area contributed by atoms with Crippen LogP contribution in [0.1, 0.15) is 27.2 Å². The van der Waals surface area contributed by atoms with Gasteiger partial charge in [0.15, 0.2) is 0 Å². The molecule has 1 heterocycles. The second-order valence-corrected chi connectivity index (χ2v) is 4.69. The Labute approximate surface area is 98.1 Å². The van der Waals surface area contributed by atoms with Gasteiger partial charge in [0.2, 0.25) is 5.91 Å². The molecule has 1 rings (SSSR count). The second-order valence-electron chi connectivity index (χ2n) is 4.69. The van der Waals surface area contributed by atoms with Crippen molar-refractivity contribution in [1.82, 2.24) is 4.90 Å². The van der Waals surface area contributed by atoms with Crippen LogP contribution in [0.25, 0.3) is 0 Å². The zero-order valence-electron chi connectivity index (χ0n) is 10.6. The Balaban J connectivity index is 2.54. The molecule has 2 N–H and O–H groups in total. The maximum absolute atomic E-state index is 12.2. The van der Waals surface area contributed by atoms with Crippen LogP contribution in [0, 0.1) is 11.8 Å². The highest BCUT2D eigenvalue weighted by atomic mass is 16.5. The number of amides is 1. The summed E-state index contributed by atoms with van der Waals surface area (Å²) in [4.78, 5) is 14.2. The lowest BCUT2D eigenvalue weighted by Crippen LogP contribution is -2.41. The smallest absolute Gasteiger partial charge is 0.228 e. The van der Waals surface area contributed by atoms with Crippen molar-refractivity contribution in [2.24, 2.45) is 17.6 Å². The number of nitrogens with two attached hydrogens (primary N) is 1. The SMILES string of the molecule is CCN(CC(C)CN)C(=O)C1CCOC1C. The van der Waals surface area contributed by atoms with Gasteiger partial charge in [-0.25, -0.2) is 0 Å². The molecular formula is C12H24N2O2. The van der Waals surface area contributed by atoms with Gasteiger partial charge in [0.25, 0.3) is 0 Å². The molecule has 0 aromatic carbocycles. The van der Waals surface area contributed by atoms with Crippen LogP contribution >= 0.6 is 0 Å². The molecule has 3 atom stereocenters. The fraction of sp³-hybridized carbons (Fsp3) is 0.917. The van der Waals surface area contributed by atoms with Crippen molar-refractivity contribution >= 4 is 5.91 Å². The van der Waals surface area contributed by atoms with Gasteiger partial charge in [0, 0.05) is 19.7 Å². The third kappa shape index (κ3) is 3.19. The summed E-state index contributed by atoms with van der Waals surface area (Å²) in [5.41, 5.74) is 5.59. The van der Waals surface area contributed by atoms with Gasteiger partial charge < -0.3 is 15.4 Å². The van der Waals surface area contributed by atoms with Crippen LogP contribution in [0.15, 0.2) is 0 Å². The highest BCUT2D eigenvalue weighted by Gasteiger charge is 2.33. The Morgan fingerprint density at radius 1 is 1.62 bits per heavy atom. The lowest BCUT2D eigenvalue weighted by molar-refractivity contribution is -0.137. The van der Waals surface area contributed by atoms with Crippen molar-refractivity contribution in [3.8, 4) is 0 Å². The molecule has 94 valence electrons. The number of hydrogen-bond donors (Lipinski definition) is 1. The van der Waals surface area contributed by atoms with Crippen molar-refractivity contribution in [2.75, 3.05) is 26.2 Å². The summed E-state index contributed by atoms with van der Waals surface area (Å²) in [6.07, 6.45) is 0.919. The Morgan fingerprint density at radius 2 is 2.31 bits per heavy atom. The summed E-state index contributed by atoms with van der Waals surface area (Å²) in [5, 5.41) is 0. The molecule has 0 aliphatic carbocycles. The maximum Gasteiger partial charge on any atom is 0.228 e. The average molecular weight is 228 g/mol. The predicted octanol–water partition coefficient (Wildman–Crippen LogP) is 0.855. The molecule has 4 heteroatoms. The summed E-state index contributed by atoms with van der Waals surface area (Å²) < 4.78 is 5.44. The van der Waals surface area contributed by atoms with Gasteiger partial charge in [0.1, 0.15) is 0 Å². The van der Waals surface area contributed by atoms with E-state index in [1.165, 1.54) is 0 Å². The molecule has 3 unspecified atom stereocenters. The lowest BCUT2D eigenvalue weighted by atomic mass is 10.00. The first kappa shape index (κ1) is 13.5. The number of carbonyl (C=O) groups is 1. The van der Waals surface area contributed by atoms with Gasteiger partial charge in [-0.2, -0.15) is 0 Å². The van der Waals surface area contributed by atoms with Crippen LogP contribution in [-0.2, 0) is 9.53 Å². The van der Waals surface area contributed by atoms with Crippen molar-refractivity contribution < 1.29 is 9.53 Å². The zero-order chi connectivity index (χ0) is 12.1. The first-order valence-corrected chi connectivity index (χ1v) is 6.20. The summed E-state index contributed by atoms with van der Waals surface area (Å²) >= 11 is 0. The molecule has 1 aliphatic heterocycles. The lowest BCUT2D eigenvalue weighted by Gasteiger charge is -2.27. The van der Waals surface area contributed by atoms with E-state index in [0.717, 1.165) is 19.5 Å². The Bertz CT molecular complexity index is 233. The van der Waals surface area contributed by atoms with E-state index in [1.54, 1.807) is 0 Å². The predicted molar refractivity (Wildman–Crippen MR) is 64.0 cm³/mol. The normalized spacial score (nSPS) is 26.8. The number of ether oxygens (including phenoxy) is 1. The van der Waals surface area contributed by atoms with Crippen LogP contribution in [0.2, 0.25) is 0 Å². The molecule has 1 fully saturated rings. The molecule has 0 aromatic heterocycles. The molecule has 0 aromatic rings. The Morgan fingerprint density at radius 3 is 2.75 bits per heavy atom. The first-order chi connectivity index (χ1) is 7.60. The molecule has 0 spiro atoms. The van der Waals surface area contributed by atoms with E-state index in [1.807, 2.05) is 18.7 Å². The van der Waals surface area contributed by atoms with Crippen molar-refractivity contribution in [2.45, 2.75) is 33.3 Å². The van der Waals surface area contributed by atoms with E-state index >= 15 is 0 Å². The second kappa shape index (κ2) is 6.21. The van der Waals surface area contributed by atoms with Crippen LogP contribution in [0.3, 0.4) is 0 Å². The third-order valence-electron chi connectivity index (χ3n) is 3.32. The summed E-state index contributed by atoms with van der Waals surface area (Å²) in [5.74, 6) is 0.638. The minimum absolute atomic E-state index is 0.0462. The number of nitrogens with zero attached hydrogens (tertiary/aromatic N) is 1. The largest absolute Gasteiger partial charge is 0.378 e. The van der Waals surface area contributed by atoms with Gasteiger partial charge in [-0.15, -0.1) is 0 Å². The van der Waals surface area contributed by atoms with Crippen LogP contribution < -0.4 is 5.73 Å². The molecule has 16 heavy (non-hydrogen) atoms. The van der Waals surface area contributed by atoms with E-state index in [0.29, 0.717) is 19.1 Å². The molecule has 4 nitrogen and oxygen atoms in total. The average Bonchev–Trinajstić information content (AvgIpc) is 2.71. The maximum atomic E-state index is 12.2. The third-order valence-corrected chi connectivity index (χ3v) is 3.32. The van der Waals surface area contributed by atoms with Crippen molar-refractivity contribution in [3.05, 3.63) is 0 Å². The molecule has 0 bridgehead atoms. The monoisotopic (exact) mass is 228 g/mol. The molecule has 1 aliphatic rings. The summed E-state index contributed by atoms with van der Waals surface area (Å²) in [7, 11) is 0. The van der Waals surface area contributed by atoms with E-state index in [2.05, 4.69) is 6.92 Å². The molecule has 1 saturated heterocycles. The standard InChI is InChI=1S/C12H24N2O2/c1-4-14(8-9(2)7-13)12(15)11-5-6-16-10(11)3/h9-11H,4-8,13H2,1-3H3. The van der Waals surface area contributed by atoms with Crippen LogP contribution in [-0.4, -0.2) is 43.2 Å². The topological polar surface area (TPSA) is 55.6 Å². The van der Waals surface area contributed by atoms with Gasteiger partial charge in [-0.1, -0.05) is 6.92 Å². The summed E-state index contributed by atoms with van der Waals surface area (Å²) in [6, 6.07) is 0. The van der Waals surface area contributed by atoms with Gasteiger partial charge >= 0.3 is 0 Å². The fourth-order valence-corrected chi connectivity index (χ4v) is 2.12. The molecule has 0 radical (unpaired) electrons. The number of rotatable bonds is 5. The molecular weight excluding hydrogens is 204 g/mol. The minimum Gasteiger partial charge on any atom is -0.378 e. The van der Waals surface area contributed by atoms with Crippen molar-refractivity contribution in [1.29, 1.82) is 0 Å². The minimum atomic E-state index is 0.0462. The summed E-state index contributed by atoms with van der Waals surface area (Å²) in [6.45, 7) is 8.92. The highest BCUT2D eigenvalue weighted by molar-refractivity contribution is 5.79. The van der Waals surface area contributed by atoms with Gasteiger partial charge in [0.05, 0.1) is 12.0 Å². The highest BCUT2D eigenvalue weighted by Crippen LogP contribution is 2.23. The van der Waals surface area contributed by atoms with E-state index in [-0.39, 0.29) is 17.9 Å². The van der Waals surface area contributed by atoms with E-state index in [4.69, 9.17) is 10.5 Å². The van der Waals surface area contributed by atoms with E-state index in [9.17, 15) is 4.79 Å². The van der Waals surface area contributed by atoms with Crippen LogP contribution in [0.4, 0.5) is 0 Å². The fourth-order valence-electron chi connectivity index (χ4n) is 2.12. The zero-order valence-corrected chi connectivity index (χ0v) is 10.6. The Hall–Kier alpha value is -0.610. The van der Waals surface area contributed by atoms with E-state index < -0.39 is 0 Å². The molecule has 0 saturated carbocycles. The quantitative estimate of drug-likeness (QED) is 0.759.